The second-order valence-corrected chi connectivity index (χ2v) is 1.32. The fraction of sp³-hybridized carbons (Fsp3) is 0.667. The van der Waals surface area contributed by atoms with Crippen molar-refractivity contribution in [2.75, 3.05) is 0 Å². The molecular formula is C3H4NO2. The van der Waals surface area contributed by atoms with E-state index in [0.717, 1.165) is 0 Å². The summed E-state index contributed by atoms with van der Waals surface area (Å²) in [7, 11) is 0. The van der Waals surface area contributed by atoms with Gasteiger partial charge in [0.1, 0.15) is 0 Å². The van der Waals surface area contributed by atoms with Gasteiger partial charge in [0.25, 0.3) is 6.04 Å². The highest BCUT2D eigenvalue weighted by Gasteiger charge is 2.36. The van der Waals surface area contributed by atoms with Crippen LogP contribution in [0.5, 0.6) is 0 Å². The smallest absolute Gasteiger partial charge is 0.264 e. The van der Waals surface area contributed by atoms with Crippen molar-refractivity contribution >= 4 is 0 Å². The SMILES string of the molecule is O=[N+]([O-])[C]1CC1. The van der Waals surface area contributed by atoms with E-state index in [0.29, 0.717) is 18.9 Å². The van der Waals surface area contributed by atoms with Crippen LogP contribution < -0.4 is 0 Å². The summed E-state index contributed by atoms with van der Waals surface area (Å²) in [4.78, 5) is 9.22. The van der Waals surface area contributed by atoms with E-state index in [9.17, 15) is 10.1 Å². The summed E-state index contributed by atoms with van der Waals surface area (Å²) in [6, 6.07) is 0.481. The molecule has 6 heavy (non-hydrogen) atoms. The summed E-state index contributed by atoms with van der Waals surface area (Å²) in [5, 5.41) is 9.53. The van der Waals surface area contributed by atoms with E-state index in [1.165, 1.54) is 0 Å². The van der Waals surface area contributed by atoms with Gasteiger partial charge in [-0.15, -0.1) is 0 Å². The molecule has 0 heterocycles. The third-order valence-electron chi connectivity index (χ3n) is 0.732. The molecule has 0 spiro atoms. The van der Waals surface area contributed by atoms with Crippen LogP contribution in [0.2, 0.25) is 0 Å². The number of nitro groups is 1. The summed E-state index contributed by atoms with van der Waals surface area (Å²) in [6.07, 6.45) is 1.43. The number of hydrogen-bond acceptors (Lipinski definition) is 2. The Balaban J connectivity index is 2.31. The normalized spacial score (nSPS) is 20.7. The van der Waals surface area contributed by atoms with Crippen molar-refractivity contribution in [2.24, 2.45) is 0 Å². The molecular weight excluding hydrogens is 82.0 g/mol. The van der Waals surface area contributed by atoms with Crippen LogP contribution in [-0.2, 0) is 0 Å². The minimum Gasteiger partial charge on any atom is -0.264 e. The molecule has 0 saturated heterocycles. The molecule has 0 amide bonds. The van der Waals surface area contributed by atoms with E-state index < -0.39 is 0 Å². The first-order chi connectivity index (χ1) is 2.80. The molecule has 1 radical (unpaired) electrons. The fourth-order valence-corrected chi connectivity index (χ4v) is 0.238. The maximum absolute atomic E-state index is 9.53. The van der Waals surface area contributed by atoms with Gasteiger partial charge >= 0.3 is 0 Å². The van der Waals surface area contributed by atoms with Gasteiger partial charge in [-0.1, -0.05) is 0 Å². The van der Waals surface area contributed by atoms with Crippen LogP contribution in [-0.4, -0.2) is 4.92 Å². The largest absolute Gasteiger partial charge is 0.291 e. The lowest BCUT2D eigenvalue weighted by Gasteiger charge is -1.74. The topological polar surface area (TPSA) is 43.1 Å². The predicted octanol–water partition coefficient (Wildman–Crippen LogP) is 0.589. The molecule has 1 aliphatic carbocycles. The Bertz CT molecular complexity index is 76.9. The van der Waals surface area contributed by atoms with Gasteiger partial charge in [0.05, 0.1) is 0 Å². The van der Waals surface area contributed by atoms with E-state index >= 15 is 0 Å². The molecule has 1 rings (SSSR count). The maximum atomic E-state index is 9.53. The molecule has 1 fully saturated rings. The van der Waals surface area contributed by atoms with Gasteiger partial charge < -0.3 is 0 Å². The van der Waals surface area contributed by atoms with Crippen LogP contribution in [0.3, 0.4) is 0 Å². The predicted molar refractivity (Wildman–Crippen MR) is 19.5 cm³/mol. The maximum Gasteiger partial charge on any atom is 0.291 e. The van der Waals surface area contributed by atoms with Crippen LogP contribution in [0.15, 0.2) is 0 Å². The van der Waals surface area contributed by atoms with E-state index in [-0.39, 0.29) is 4.92 Å². The van der Waals surface area contributed by atoms with Gasteiger partial charge in [0.2, 0.25) is 0 Å². The Morgan fingerprint density at radius 1 is 1.67 bits per heavy atom. The van der Waals surface area contributed by atoms with Crippen LogP contribution >= 0.6 is 0 Å². The molecule has 0 aromatic carbocycles. The first-order valence-electron chi connectivity index (χ1n) is 1.80. The molecule has 0 unspecified atom stereocenters. The van der Waals surface area contributed by atoms with Gasteiger partial charge in [0, 0.05) is 17.8 Å². The molecule has 0 aromatic rings. The quantitative estimate of drug-likeness (QED) is 0.346. The highest BCUT2D eigenvalue weighted by molar-refractivity contribution is 4.92. The Labute approximate surface area is 35.1 Å². The van der Waals surface area contributed by atoms with Crippen molar-refractivity contribution in [1.29, 1.82) is 0 Å². The highest BCUT2D eigenvalue weighted by Crippen LogP contribution is 2.31. The summed E-state index contributed by atoms with van der Waals surface area (Å²) < 4.78 is 0. The van der Waals surface area contributed by atoms with Crippen LogP contribution in [0.1, 0.15) is 12.8 Å². The zero-order valence-electron chi connectivity index (χ0n) is 3.18. The average Bonchev–Trinajstić information content (AvgIpc) is 2.06. The molecule has 1 saturated carbocycles. The lowest BCUT2D eigenvalue weighted by Crippen LogP contribution is -1.89. The van der Waals surface area contributed by atoms with Gasteiger partial charge in [0.15, 0.2) is 0 Å². The lowest BCUT2D eigenvalue weighted by molar-refractivity contribution is -0.447. The molecule has 0 N–H and O–H groups in total. The molecule has 1 aliphatic rings. The van der Waals surface area contributed by atoms with E-state index in [2.05, 4.69) is 0 Å². The van der Waals surface area contributed by atoms with Gasteiger partial charge in [-0.05, 0) is 0 Å². The Kier molecular flexibility index (Phi) is 0.555. The summed E-state index contributed by atoms with van der Waals surface area (Å²) in [6.45, 7) is 0. The third-order valence-corrected chi connectivity index (χ3v) is 0.732. The standard InChI is InChI=1S/C3H4NO2/c5-4(6)3-1-2-3/h1-2H2. The van der Waals surface area contributed by atoms with Crippen molar-refractivity contribution in [3.05, 3.63) is 16.2 Å². The van der Waals surface area contributed by atoms with Crippen molar-refractivity contribution in [2.45, 2.75) is 12.8 Å². The van der Waals surface area contributed by atoms with Crippen LogP contribution in [0.4, 0.5) is 0 Å². The van der Waals surface area contributed by atoms with Crippen molar-refractivity contribution < 1.29 is 4.92 Å². The molecule has 33 valence electrons. The molecule has 0 atom stereocenters. The Morgan fingerprint density at radius 2 is 2.17 bits per heavy atom. The lowest BCUT2D eigenvalue weighted by atomic mass is 10.8. The Hall–Kier alpha value is -0.600. The zero-order chi connectivity index (χ0) is 4.57. The monoisotopic (exact) mass is 86.0 g/mol. The molecule has 3 heteroatoms. The zero-order valence-corrected chi connectivity index (χ0v) is 3.18. The van der Waals surface area contributed by atoms with Crippen molar-refractivity contribution in [3.8, 4) is 0 Å². The average molecular weight is 86.1 g/mol. The molecule has 3 nitrogen and oxygen atoms in total. The van der Waals surface area contributed by atoms with Crippen LogP contribution in [0, 0.1) is 16.2 Å². The fourth-order valence-electron chi connectivity index (χ4n) is 0.238. The van der Waals surface area contributed by atoms with Crippen LogP contribution in [0.25, 0.3) is 0 Å². The molecule has 0 aliphatic heterocycles. The highest BCUT2D eigenvalue weighted by atomic mass is 16.6. The minimum atomic E-state index is -0.306. The first-order valence-corrected chi connectivity index (χ1v) is 1.80. The first kappa shape index (κ1) is 3.59. The number of hydrogen-bond donors (Lipinski definition) is 0. The summed E-state index contributed by atoms with van der Waals surface area (Å²) >= 11 is 0. The summed E-state index contributed by atoms with van der Waals surface area (Å²) in [5.74, 6) is 0. The van der Waals surface area contributed by atoms with Crippen molar-refractivity contribution in [1.82, 2.24) is 0 Å². The van der Waals surface area contributed by atoms with Gasteiger partial charge in [-0.25, -0.2) is 0 Å². The number of rotatable bonds is 1. The second kappa shape index (κ2) is 0.929. The van der Waals surface area contributed by atoms with Crippen molar-refractivity contribution in [3.63, 3.8) is 0 Å². The number of nitrogens with zero attached hydrogens (tertiary/aromatic N) is 1. The minimum absolute atomic E-state index is 0.306. The Morgan fingerprint density at radius 3 is 2.17 bits per heavy atom. The van der Waals surface area contributed by atoms with E-state index in [1.807, 2.05) is 0 Å². The molecule has 0 aromatic heterocycles. The van der Waals surface area contributed by atoms with E-state index in [1.54, 1.807) is 0 Å². The molecule has 0 bridgehead atoms. The summed E-state index contributed by atoms with van der Waals surface area (Å²) in [5.41, 5.74) is 0. The third kappa shape index (κ3) is 0.478. The van der Waals surface area contributed by atoms with Gasteiger partial charge in [-0.2, -0.15) is 0 Å². The second-order valence-electron chi connectivity index (χ2n) is 1.32. The van der Waals surface area contributed by atoms with E-state index in [4.69, 9.17) is 0 Å². The van der Waals surface area contributed by atoms with Gasteiger partial charge in [-0.3, -0.25) is 10.1 Å².